The first-order chi connectivity index (χ1) is 12.4. The fraction of sp³-hybridized carbons (Fsp3) is 0.263. The minimum atomic E-state index is -1.71. The number of rotatable bonds is 7. The summed E-state index contributed by atoms with van der Waals surface area (Å²) in [4.78, 5) is 25.4. The first-order valence-corrected chi connectivity index (χ1v) is 8.06. The molecule has 0 spiro atoms. The van der Waals surface area contributed by atoms with E-state index in [0.29, 0.717) is 6.07 Å². The summed E-state index contributed by atoms with van der Waals surface area (Å²) >= 11 is 0. The zero-order valence-electron chi connectivity index (χ0n) is 14.2. The summed E-state index contributed by atoms with van der Waals surface area (Å²) in [6.07, 6.45) is -0.0995. The van der Waals surface area contributed by atoms with E-state index in [1.165, 1.54) is 4.90 Å². The molecule has 0 aliphatic rings. The summed E-state index contributed by atoms with van der Waals surface area (Å²) in [5, 5.41) is 0. The number of esters is 1. The van der Waals surface area contributed by atoms with Crippen LogP contribution in [0.5, 0.6) is 0 Å². The van der Waals surface area contributed by atoms with E-state index in [1.54, 1.807) is 37.3 Å². The van der Waals surface area contributed by atoms with Crippen molar-refractivity contribution in [3.63, 3.8) is 0 Å². The fourth-order valence-corrected chi connectivity index (χ4v) is 2.38. The molecule has 0 fully saturated rings. The molecule has 2 aromatic rings. The van der Waals surface area contributed by atoms with Crippen LogP contribution in [0, 0.1) is 17.5 Å². The van der Waals surface area contributed by atoms with Crippen LogP contribution >= 0.6 is 0 Å². The molecule has 0 saturated carbocycles. The lowest BCUT2D eigenvalue weighted by Gasteiger charge is -2.23. The van der Waals surface area contributed by atoms with Crippen LogP contribution in [0.3, 0.4) is 0 Å². The van der Waals surface area contributed by atoms with Gasteiger partial charge in [0.2, 0.25) is 0 Å². The molecule has 0 aliphatic heterocycles. The number of halogens is 3. The van der Waals surface area contributed by atoms with E-state index in [1.807, 2.05) is 0 Å². The fourth-order valence-electron chi connectivity index (χ4n) is 2.38. The summed E-state index contributed by atoms with van der Waals surface area (Å²) in [7, 11) is 0. The first-order valence-electron chi connectivity index (χ1n) is 8.06. The molecule has 0 radical (unpaired) electrons. The van der Waals surface area contributed by atoms with Crippen molar-refractivity contribution in [2.24, 2.45) is 0 Å². The van der Waals surface area contributed by atoms with Gasteiger partial charge >= 0.3 is 5.97 Å². The third-order valence-electron chi connectivity index (χ3n) is 3.66. The predicted octanol–water partition coefficient (Wildman–Crippen LogP) is 3.70. The van der Waals surface area contributed by atoms with Crippen LogP contribution in [0.2, 0.25) is 0 Å². The average molecular weight is 365 g/mol. The lowest BCUT2D eigenvalue weighted by Crippen LogP contribution is -2.33. The van der Waals surface area contributed by atoms with Crippen LogP contribution in [-0.4, -0.2) is 29.9 Å². The van der Waals surface area contributed by atoms with Crippen molar-refractivity contribution >= 4 is 11.9 Å². The Morgan fingerprint density at radius 3 is 2.35 bits per heavy atom. The highest BCUT2D eigenvalue weighted by atomic mass is 19.2. The number of nitrogens with zero attached hydrogens (tertiary/aromatic N) is 1. The van der Waals surface area contributed by atoms with Crippen LogP contribution in [0.15, 0.2) is 42.5 Å². The Morgan fingerprint density at radius 2 is 1.69 bits per heavy atom. The van der Waals surface area contributed by atoms with Crippen LogP contribution in [0.25, 0.3) is 0 Å². The van der Waals surface area contributed by atoms with Gasteiger partial charge in [-0.25, -0.2) is 13.2 Å². The number of hydrogen-bond acceptors (Lipinski definition) is 3. The SMILES string of the molecule is CCOC(=O)CCN(Cc1ccccc1)C(=O)c1ccc(F)c(F)c1F. The van der Waals surface area contributed by atoms with E-state index >= 15 is 0 Å². The topological polar surface area (TPSA) is 46.6 Å². The maximum Gasteiger partial charge on any atom is 0.307 e. The number of benzene rings is 2. The summed E-state index contributed by atoms with van der Waals surface area (Å²) in [5.41, 5.74) is 0.149. The minimum Gasteiger partial charge on any atom is -0.466 e. The van der Waals surface area contributed by atoms with Gasteiger partial charge in [0.25, 0.3) is 5.91 Å². The summed E-state index contributed by atoms with van der Waals surface area (Å²) in [6, 6.07) is 10.4. The van der Waals surface area contributed by atoms with E-state index < -0.39 is 34.9 Å². The molecule has 0 unspecified atom stereocenters. The molecule has 7 heteroatoms. The lowest BCUT2D eigenvalue weighted by atomic mass is 10.1. The summed E-state index contributed by atoms with van der Waals surface area (Å²) in [6.45, 7) is 1.88. The van der Waals surface area contributed by atoms with Crippen molar-refractivity contribution in [2.75, 3.05) is 13.2 Å². The molecular formula is C19H18F3NO3. The number of carbonyl (C=O) groups excluding carboxylic acids is 2. The quantitative estimate of drug-likeness (QED) is 0.555. The van der Waals surface area contributed by atoms with E-state index in [2.05, 4.69) is 0 Å². The molecular weight excluding hydrogens is 347 g/mol. The van der Waals surface area contributed by atoms with Gasteiger partial charge in [0, 0.05) is 13.1 Å². The van der Waals surface area contributed by atoms with E-state index in [9.17, 15) is 22.8 Å². The molecule has 0 aromatic heterocycles. The third kappa shape index (κ3) is 4.84. The number of ether oxygens (including phenoxy) is 1. The maximum atomic E-state index is 14.0. The van der Waals surface area contributed by atoms with Crippen LogP contribution < -0.4 is 0 Å². The van der Waals surface area contributed by atoms with E-state index in [0.717, 1.165) is 11.6 Å². The van der Waals surface area contributed by atoms with Crippen LogP contribution in [-0.2, 0) is 16.1 Å². The normalized spacial score (nSPS) is 10.5. The van der Waals surface area contributed by atoms with Gasteiger partial charge in [-0.3, -0.25) is 9.59 Å². The number of amides is 1. The number of hydrogen-bond donors (Lipinski definition) is 0. The molecule has 2 aromatic carbocycles. The van der Waals surface area contributed by atoms with Crippen molar-refractivity contribution in [2.45, 2.75) is 19.9 Å². The van der Waals surface area contributed by atoms with E-state index in [-0.39, 0.29) is 26.1 Å². The van der Waals surface area contributed by atoms with Gasteiger partial charge in [0.15, 0.2) is 17.5 Å². The van der Waals surface area contributed by atoms with Crippen molar-refractivity contribution in [1.82, 2.24) is 4.90 Å². The first kappa shape index (κ1) is 19.5. The van der Waals surface area contributed by atoms with Gasteiger partial charge in [0.1, 0.15) is 0 Å². The monoisotopic (exact) mass is 365 g/mol. The Balaban J connectivity index is 2.25. The van der Waals surface area contributed by atoms with Crippen molar-refractivity contribution < 1.29 is 27.5 Å². The van der Waals surface area contributed by atoms with Gasteiger partial charge in [-0.2, -0.15) is 0 Å². The van der Waals surface area contributed by atoms with Gasteiger partial charge in [-0.1, -0.05) is 30.3 Å². The second kappa shape index (κ2) is 9.03. The molecule has 1 amide bonds. The highest BCUT2D eigenvalue weighted by Gasteiger charge is 2.24. The van der Waals surface area contributed by atoms with Crippen LogP contribution in [0.1, 0.15) is 29.3 Å². The van der Waals surface area contributed by atoms with Crippen molar-refractivity contribution in [3.05, 3.63) is 71.0 Å². The second-order valence-corrected chi connectivity index (χ2v) is 5.49. The number of carbonyl (C=O) groups is 2. The lowest BCUT2D eigenvalue weighted by molar-refractivity contribution is -0.143. The smallest absolute Gasteiger partial charge is 0.307 e. The molecule has 4 nitrogen and oxygen atoms in total. The Morgan fingerprint density at radius 1 is 1.00 bits per heavy atom. The standard InChI is InChI=1S/C19H18F3NO3/c1-2-26-16(24)10-11-23(12-13-6-4-3-5-7-13)19(25)14-8-9-15(20)18(22)17(14)21/h3-9H,2,10-12H2,1H3. The van der Waals surface area contributed by atoms with Gasteiger partial charge in [0.05, 0.1) is 18.6 Å². The van der Waals surface area contributed by atoms with Gasteiger partial charge < -0.3 is 9.64 Å². The molecule has 0 heterocycles. The minimum absolute atomic E-state index is 0.0506. The Hall–Kier alpha value is -2.83. The zero-order chi connectivity index (χ0) is 19.1. The van der Waals surface area contributed by atoms with Crippen LogP contribution in [0.4, 0.5) is 13.2 Å². The molecule has 0 saturated heterocycles. The molecule has 138 valence electrons. The van der Waals surface area contributed by atoms with E-state index in [4.69, 9.17) is 4.74 Å². The molecule has 2 rings (SSSR count). The van der Waals surface area contributed by atoms with Gasteiger partial charge in [-0.05, 0) is 24.6 Å². The molecule has 0 atom stereocenters. The van der Waals surface area contributed by atoms with Gasteiger partial charge in [-0.15, -0.1) is 0 Å². The maximum absolute atomic E-state index is 14.0. The largest absolute Gasteiger partial charge is 0.466 e. The average Bonchev–Trinajstić information content (AvgIpc) is 2.64. The van der Waals surface area contributed by atoms with Crippen molar-refractivity contribution in [3.8, 4) is 0 Å². The Bertz CT molecular complexity index is 781. The van der Waals surface area contributed by atoms with Crippen molar-refractivity contribution in [1.29, 1.82) is 0 Å². The predicted molar refractivity (Wildman–Crippen MR) is 88.7 cm³/mol. The summed E-state index contributed by atoms with van der Waals surface area (Å²) in [5.74, 6) is -5.98. The molecule has 26 heavy (non-hydrogen) atoms. The zero-order valence-corrected chi connectivity index (χ0v) is 14.2. The highest BCUT2D eigenvalue weighted by Crippen LogP contribution is 2.18. The summed E-state index contributed by atoms with van der Waals surface area (Å²) < 4.78 is 45.4. The molecule has 0 N–H and O–H groups in total. The Kier molecular flexibility index (Phi) is 6.77. The Labute approximate surface area is 149 Å². The highest BCUT2D eigenvalue weighted by molar-refractivity contribution is 5.94. The third-order valence-corrected chi connectivity index (χ3v) is 3.66. The molecule has 0 bridgehead atoms. The second-order valence-electron chi connectivity index (χ2n) is 5.49. The molecule has 0 aliphatic carbocycles.